The highest BCUT2D eigenvalue weighted by atomic mass is 35.5. The number of rotatable bonds is 6. The van der Waals surface area contributed by atoms with E-state index >= 15 is 0 Å². The van der Waals surface area contributed by atoms with Gasteiger partial charge in [-0.3, -0.25) is 4.79 Å². The van der Waals surface area contributed by atoms with Crippen molar-refractivity contribution in [3.05, 3.63) is 70.7 Å². The lowest BCUT2D eigenvalue weighted by molar-refractivity contribution is -0.115. The third kappa shape index (κ3) is 4.47. The Kier molecular flexibility index (Phi) is 6.23. The maximum atomic E-state index is 12.5. The van der Waals surface area contributed by atoms with Crippen LogP contribution in [-0.4, -0.2) is 12.5 Å². The second-order valence-corrected chi connectivity index (χ2v) is 5.46. The Bertz CT molecular complexity index is 649. The van der Waals surface area contributed by atoms with Gasteiger partial charge in [0.15, 0.2) is 0 Å². The van der Waals surface area contributed by atoms with Crippen molar-refractivity contribution < 1.29 is 4.79 Å². The fourth-order valence-electron chi connectivity index (χ4n) is 2.12. The monoisotopic (exact) mass is 313 g/mol. The van der Waals surface area contributed by atoms with Crippen molar-refractivity contribution in [1.29, 1.82) is 0 Å². The molecule has 2 rings (SSSR count). The molecule has 22 heavy (non-hydrogen) atoms. The average molecular weight is 314 g/mol. The summed E-state index contributed by atoms with van der Waals surface area (Å²) >= 11 is 6.21. The maximum absolute atomic E-state index is 12.5. The molecule has 2 aromatic rings. The Morgan fingerprint density at radius 3 is 2.45 bits per heavy atom. The summed E-state index contributed by atoms with van der Waals surface area (Å²) in [6.45, 7) is 2.78. The van der Waals surface area contributed by atoms with Gasteiger partial charge in [-0.2, -0.15) is 0 Å². The van der Waals surface area contributed by atoms with Crippen molar-refractivity contribution in [3.63, 3.8) is 0 Å². The van der Waals surface area contributed by atoms with E-state index in [1.54, 1.807) is 0 Å². The molecule has 3 heteroatoms. The highest BCUT2D eigenvalue weighted by molar-refractivity contribution is 6.33. The van der Waals surface area contributed by atoms with Crippen LogP contribution in [-0.2, 0) is 4.79 Å². The molecule has 1 amide bonds. The summed E-state index contributed by atoms with van der Waals surface area (Å²) in [6.07, 6.45) is 3.87. The van der Waals surface area contributed by atoms with E-state index in [9.17, 15) is 4.79 Å². The Hall–Kier alpha value is -2.06. The summed E-state index contributed by atoms with van der Waals surface area (Å²) in [5, 5.41) is 3.61. The minimum atomic E-state index is -0.0698. The van der Waals surface area contributed by atoms with Crippen molar-refractivity contribution in [3.8, 4) is 0 Å². The van der Waals surface area contributed by atoms with Gasteiger partial charge in [-0.25, -0.2) is 0 Å². The smallest absolute Gasteiger partial charge is 0.251 e. The standard InChI is InChI=1S/C19H20ClNO/c1-2-3-13-21-19(22)17(15-9-5-4-6-10-15)14-16-11-7-8-12-18(16)20/h4-12,14H,2-3,13H2,1H3,(H,21,22)/b17-14+. The largest absolute Gasteiger partial charge is 0.352 e. The van der Waals surface area contributed by atoms with Gasteiger partial charge in [0, 0.05) is 17.1 Å². The minimum absolute atomic E-state index is 0.0698. The van der Waals surface area contributed by atoms with Gasteiger partial charge >= 0.3 is 0 Å². The molecule has 0 bridgehead atoms. The lowest BCUT2D eigenvalue weighted by Crippen LogP contribution is -2.25. The highest BCUT2D eigenvalue weighted by Gasteiger charge is 2.12. The van der Waals surface area contributed by atoms with Crippen LogP contribution in [0, 0.1) is 0 Å². The van der Waals surface area contributed by atoms with Crippen LogP contribution in [0.25, 0.3) is 11.6 Å². The van der Waals surface area contributed by atoms with Crippen LogP contribution in [0.4, 0.5) is 0 Å². The molecule has 0 aromatic heterocycles. The van der Waals surface area contributed by atoms with Gasteiger partial charge in [-0.1, -0.05) is 73.5 Å². The number of halogens is 1. The number of unbranched alkanes of at least 4 members (excludes halogenated alkanes) is 1. The SMILES string of the molecule is CCCCNC(=O)/C(=C/c1ccccc1Cl)c1ccccc1. The van der Waals surface area contributed by atoms with Crippen LogP contribution in [0.1, 0.15) is 30.9 Å². The molecule has 0 aliphatic heterocycles. The summed E-state index contributed by atoms with van der Waals surface area (Å²) in [7, 11) is 0. The fourth-order valence-corrected chi connectivity index (χ4v) is 2.31. The first-order valence-corrected chi connectivity index (χ1v) is 7.90. The fraction of sp³-hybridized carbons (Fsp3) is 0.211. The average Bonchev–Trinajstić information content (AvgIpc) is 2.55. The predicted octanol–water partition coefficient (Wildman–Crippen LogP) is 4.80. The second kappa shape index (κ2) is 8.40. The third-order valence-electron chi connectivity index (χ3n) is 3.35. The topological polar surface area (TPSA) is 29.1 Å². The zero-order valence-corrected chi connectivity index (χ0v) is 13.4. The van der Waals surface area contributed by atoms with Crippen LogP contribution in [0.5, 0.6) is 0 Å². The summed E-state index contributed by atoms with van der Waals surface area (Å²) < 4.78 is 0. The van der Waals surface area contributed by atoms with Crippen molar-refractivity contribution in [2.24, 2.45) is 0 Å². The lowest BCUT2D eigenvalue weighted by atomic mass is 10.0. The number of hydrogen-bond acceptors (Lipinski definition) is 1. The van der Waals surface area contributed by atoms with E-state index < -0.39 is 0 Å². The summed E-state index contributed by atoms with van der Waals surface area (Å²) in [6, 6.07) is 17.2. The highest BCUT2D eigenvalue weighted by Crippen LogP contribution is 2.23. The van der Waals surface area contributed by atoms with Gasteiger partial charge in [0.1, 0.15) is 0 Å². The molecular formula is C19H20ClNO. The maximum Gasteiger partial charge on any atom is 0.251 e. The van der Waals surface area contributed by atoms with E-state index in [1.807, 2.05) is 60.7 Å². The van der Waals surface area contributed by atoms with Gasteiger partial charge in [-0.05, 0) is 29.7 Å². The Morgan fingerprint density at radius 1 is 1.09 bits per heavy atom. The normalized spacial score (nSPS) is 11.3. The molecule has 0 aliphatic rings. The van der Waals surface area contributed by atoms with E-state index in [-0.39, 0.29) is 5.91 Å². The first-order chi connectivity index (χ1) is 10.7. The number of hydrogen-bond donors (Lipinski definition) is 1. The van der Waals surface area contributed by atoms with Gasteiger partial charge in [-0.15, -0.1) is 0 Å². The van der Waals surface area contributed by atoms with Crippen LogP contribution < -0.4 is 5.32 Å². The van der Waals surface area contributed by atoms with Crippen LogP contribution in [0.3, 0.4) is 0 Å². The zero-order valence-electron chi connectivity index (χ0n) is 12.7. The van der Waals surface area contributed by atoms with E-state index in [0.29, 0.717) is 17.1 Å². The van der Waals surface area contributed by atoms with Gasteiger partial charge in [0.2, 0.25) is 0 Å². The number of carbonyl (C=O) groups excluding carboxylic acids is 1. The third-order valence-corrected chi connectivity index (χ3v) is 3.69. The molecule has 1 N–H and O–H groups in total. The van der Waals surface area contributed by atoms with Gasteiger partial charge in [0.05, 0.1) is 0 Å². The summed E-state index contributed by atoms with van der Waals surface area (Å²) in [4.78, 5) is 12.5. The molecule has 2 aromatic carbocycles. The number of benzene rings is 2. The van der Waals surface area contributed by atoms with E-state index in [4.69, 9.17) is 11.6 Å². The first-order valence-electron chi connectivity index (χ1n) is 7.52. The van der Waals surface area contributed by atoms with Crippen molar-refractivity contribution in [2.45, 2.75) is 19.8 Å². The molecule has 2 nitrogen and oxygen atoms in total. The summed E-state index contributed by atoms with van der Waals surface area (Å²) in [5.41, 5.74) is 2.36. The first kappa shape index (κ1) is 16.3. The van der Waals surface area contributed by atoms with Crippen LogP contribution in [0.2, 0.25) is 5.02 Å². The number of nitrogens with one attached hydrogen (secondary N) is 1. The molecule has 0 aliphatic carbocycles. The molecule has 0 unspecified atom stereocenters. The van der Waals surface area contributed by atoms with Gasteiger partial charge in [0.25, 0.3) is 5.91 Å². The summed E-state index contributed by atoms with van der Waals surface area (Å²) in [5.74, 6) is -0.0698. The minimum Gasteiger partial charge on any atom is -0.352 e. The Labute approximate surface area is 136 Å². The molecule has 0 saturated carbocycles. The molecule has 0 radical (unpaired) electrons. The molecule has 0 atom stereocenters. The number of amides is 1. The Morgan fingerprint density at radius 2 is 1.77 bits per heavy atom. The zero-order chi connectivity index (χ0) is 15.8. The van der Waals surface area contributed by atoms with Crippen molar-refractivity contribution in [1.82, 2.24) is 5.32 Å². The Balaban J connectivity index is 2.34. The molecular weight excluding hydrogens is 294 g/mol. The molecule has 0 fully saturated rings. The molecule has 0 heterocycles. The molecule has 0 saturated heterocycles. The molecule has 114 valence electrons. The lowest BCUT2D eigenvalue weighted by Gasteiger charge is -2.10. The van der Waals surface area contributed by atoms with Crippen LogP contribution in [0.15, 0.2) is 54.6 Å². The molecule has 0 spiro atoms. The van der Waals surface area contributed by atoms with Crippen LogP contribution >= 0.6 is 11.6 Å². The van der Waals surface area contributed by atoms with E-state index in [2.05, 4.69) is 12.2 Å². The quantitative estimate of drug-likeness (QED) is 0.463. The predicted molar refractivity (Wildman–Crippen MR) is 93.7 cm³/mol. The van der Waals surface area contributed by atoms with E-state index in [1.165, 1.54) is 0 Å². The van der Waals surface area contributed by atoms with E-state index in [0.717, 1.165) is 24.0 Å². The second-order valence-electron chi connectivity index (χ2n) is 5.06. The number of carbonyl (C=O) groups is 1. The van der Waals surface area contributed by atoms with Crippen molar-refractivity contribution >= 4 is 29.2 Å². The van der Waals surface area contributed by atoms with Crippen molar-refractivity contribution in [2.75, 3.05) is 6.54 Å². The van der Waals surface area contributed by atoms with Gasteiger partial charge < -0.3 is 5.32 Å².